The van der Waals surface area contributed by atoms with Gasteiger partial charge in [0, 0.05) is 24.7 Å². The van der Waals surface area contributed by atoms with Crippen molar-refractivity contribution < 1.29 is 23.6 Å². The first kappa shape index (κ1) is 13.4. The molecule has 1 aliphatic rings. The standard InChI is InChI=1S/C12H12FNO5/c13-10-5-9(1-2-11(10)14(16)17)19-7-12(15)8-3-4-18-6-8/h1-2,5,8H,3-4,6-7H2. The summed E-state index contributed by atoms with van der Waals surface area (Å²) in [5.41, 5.74) is -0.622. The number of hydrogen-bond donors (Lipinski definition) is 0. The van der Waals surface area contributed by atoms with Crippen molar-refractivity contribution >= 4 is 11.5 Å². The van der Waals surface area contributed by atoms with E-state index in [4.69, 9.17) is 9.47 Å². The Kier molecular flexibility index (Phi) is 4.06. The summed E-state index contributed by atoms with van der Waals surface area (Å²) in [4.78, 5) is 21.3. The van der Waals surface area contributed by atoms with Gasteiger partial charge in [0.25, 0.3) is 0 Å². The number of benzene rings is 1. The quantitative estimate of drug-likeness (QED) is 0.600. The molecule has 0 aromatic heterocycles. The van der Waals surface area contributed by atoms with Gasteiger partial charge in [-0.1, -0.05) is 0 Å². The number of halogens is 1. The van der Waals surface area contributed by atoms with Crippen LogP contribution in [0.5, 0.6) is 5.75 Å². The predicted octanol–water partition coefficient (Wildman–Crippen LogP) is 1.72. The molecule has 19 heavy (non-hydrogen) atoms. The van der Waals surface area contributed by atoms with Gasteiger partial charge in [0.15, 0.2) is 5.78 Å². The predicted molar refractivity (Wildman–Crippen MR) is 62.5 cm³/mol. The van der Waals surface area contributed by atoms with Crippen molar-refractivity contribution in [1.29, 1.82) is 0 Å². The topological polar surface area (TPSA) is 78.7 Å². The fourth-order valence-corrected chi connectivity index (χ4v) is 1.79. The number of hydrogen-bond acceptors (Lipinski definition) is 5. The minimum Gasteiger partial charge on any atom is -0.486 e. The maximum absolute atomic E-state index is 13.3. The van der Waals surface area contributed by atoms with E-state index in [-0.39, 0.29) is 24.1 Å². The largest absolute Gasteiger partial charge is 0.486 e. The second kappa shape index (κ2) is 5.75. The molecule has 1 saturated heterocycles. The highest BCUT2D eigenvalue weighted by molar-refractivity contribution is 5.82. The lowest BCUT2D eigenvalue weighted by molar-refractivity contribution is -0.387. The van der Waals surface area contributed by atoms with Crippen LogP contribution in [0.3, 0.4) is 0 Å². The number of nitro groups is 1. The molecule has 2 rings (SSSR count). The van der Waals surface area contributed by atoms with Crippen LogP contribution in [0.1, 0.15) is 6.42 Å². The lowest BCUT2D eigenvalue weighted by Gasteiger charge is -2.08. The van der Waals surface area contributed by atoms with Crippen LogP contribution in [-0.2, 0) is 9.53 Å². The van der Waals surface area contributed by atoms with Crippen LogP contribution in [0, 0.1) is 21.8 Å². The molecule has 7 heteroatoms. The Hall–Kier alpha value is -2.02. The van der Waals surface area contributed by atoms with Gasteiger partial charge in [0.2, 0.25) is 5.82 Å². The fraction of sp³-hybridized carbons (Fsp3) is 0.417. The summed E-state index contributed by atoms with van der Waals surface area (Å²) < 4.78 is 23.5. The third kappa shape index (κ3) is 3.25. The summed E-state index contributed by atoms with van der Waals surface area (Å²) in [6, 6.07) is 3.17. The van der Waals surface area contributed by atoms with E-state index >= 15 is 0 Å². The number of rotatable bonds is 5. The van der Waals surface area contributed by atoms with E-state index in [0.29, 0.717) is 19.6 Å². The molecule has 1 unspecified atom stereocenters. The minimum absolute atomic E-state index is 0.0929. The lowest BCUT2D eigenvalue weighted by Crippen LogP contribution is -2.21. The summed E-state index contributed by atoms with van der Waals surface area (Å²) in [6.45, 7) is 0.755. The molecule has 6 nitrogen and oxygen atoms in total. The first-order chi connectivity index (χ1) is 9.08. The normalized spacial score (nSPS) is 18.3. The van der Waals surface area contributed by atoms with Gasteiger partial charge in [0.1, 0.15) is 12.4 Å². The molecule has 1 aromatic carbocycles. The number of carbonyl (C=O) groups excluding carboxylic acids is 1. The van der Waals surface area contributed by atoms with E-state index in [1.54, 1.807) is 0 Å². The second-order valence-electron chi connectivity index (χ2n) is 4.19. The first-order valence-electron chi connectivity index (χ1n) is 5.75. The highest BCUT2D eigenvalue weighted by atomic mass is 19.1. The third-order valence-electron chi connectivity index (χ3n) is 2.88. The molecule has 0 saturated carbocycles. The van der Waals surface area contributed by atoms with E-state index < -0.39 is 16.4 Å². The van der Waals surface area contributed by atoms with Crippen LogP contribution in [0.15, 0.2) is 18.2 Å². The van der Waals surface area contributed by atoms with Crippen molar-refractivity contribution in [3.63, 3.8) is 0 Å². The minimum atomic E-state index is -0.987. The average molecular weight is 269 g/mol. The number of ketones is 1. The van der Waals surface area contributed by atoms with Gasteiger partial charge >= 0.3 is 5.69 Å². The van der Waals surface area contributed by atoms with E-state index in [0.717, 1.165) is 12.1 Å². The molecule has 1 aromatic rings. The molecular weight excluding hydrogens is 257 g/mol. The Labute approximate surface area is 108 Å². The third-order valence-corrected chi connectivity index (χ3v) is 2.88. The molecule has 1 fully saturated rings. The number of nitro benzene ring substituents is 1. The number of nitrogens with zero attached hydrogens (tertiary/aromatic N) is 1. The highest BCUT2D eigenvalue weighted by Gasteiger charge is 2.24. The molecule has 1 atom stereocenters. The number of Topliss-reactive ketones (excluding diaryl/α,β-unsaturated/α-hetero) is 1. The van der Waals surface area contributed by atoms with E-state index in [2.05, 4.69) is 0 Å². The zero-order chi connectivity index (χ0) is 13.8. The Morgan fingerprint density at radius 3 is 2.95 bits per heavy atom. The van der Waals surface area contributed by atoms with Crippen LogP contribution < -0.4 is 4.74 Å². The summed E-state index contributed by atoms with van der Waals surface area (Å²) in [7, 11) is 0. The van der Waals surface area contributed by atoms with Gasteiger partial charge < -0.3 is 9.47 Å². The molecular formula is C12H12FNO5. The van der Waals surface area contributed by atoms with Gasteiger partial charge in [-0.25, -0.2) is 0 Å². The molecule has 102 valence electrons. The maximum atomic E-state index is 13.3. The summed E-state index contributed by atoms with van der Waals surface area (Å²) in [5, 5.41) is 10.4. The van der Waals surface area contributed by atoms with Crippen LogP contribution in [0.2, 0.25) is 0 Å². The van der Waals surface area contributed by atoms with E-state index in [1.165, 1.54) is 6.07 Å². The highest BCUT2D eigenvalue weighted by Crippen LogP contribution is 2.22. The Morgan fingerprint density at radius 1 is 1.58 bits per heavy atom. The van der Waals surface area contributed by atoms with Crippen LogP contribution in [0.25, 0.3) is 0 Å². The lowest BCUT2D eigenvalue weighted by atomic mass is 10.0. The Morgan fingerprint density at radius 2 is 2.37 bits per heavy atom. The zero-order valence-corrected chi connectivity index (χ0v) is 10.0. The summed E-state index contributed by atoms with van der Waals surface area (Å²) in [5.74, 6) is -1.19. The zero-order valence-electron chi connectivity index (χ0n) is 10.0. The van der Waals surface area contributed by atoms with Crippen molar-refractivity contribution in [1.82, 2.24) is 0 Å². The molecule has 0 radical (unpaired) electrons. The first-order valence-corrected chi connectivity index (χ1v) is 5.75. The van der Waals surface area contributed by atoms with Crippen molar-refractivity contribution in [2.75, 3.05) is 19.8 Å². The Balaban J connectivity index is 1.94. The summed E-state index contributed by atoms with van der Waals surface area (Å²) in [6.07, 6.45) is 0.664. The van der Waals surface area contributed by atoms with Gasteiger partial charge in [0.05, 0.1) is 11.5 Å². The second-order valence-corrected chi connectivity index (χ2v) is 4.19. The molecule has 0 spiro atoms. The van der Waals surface area contributed by atoms with Gasteiger partial charge in [-0.15, -0.1) is 0 Å². The van der Waals surface area contributed by atoms with Crippen molar-refractivity contribution in [2.45, 2.75) is 6.42 Å². The van der Waals surface area contributed by atoms with Crippen molar-refractivity contribution in [3.8, 4) is 5.75 Å². The molecule has 0 bridgehead atoms. The maximum Gasteiger partial charge on any atom is 0.305 e. The number of ether oxygens (including phenoxy) is 2. The Bertz CT molecular complexity index is 499. The fourth-order valence-electron chi connectivity index (χ4n) is 1.79. The van der Waals surface area contributed by atoms with Crippen LogP contribution in [-0.4, -0.2) is 30.5 Å². The van der Waals surface area contributed by atoms with Gasteiger partial charge in [-0.05, 0) is 12.5 Å². The average Bonchev–Trinajstić information content (AvgIpc) is 2.89. The molecule has 1 heterocycles. The smallest absolute Gasteiger partial charge is 0.305 e. The number of carbonyl (C=O) groups is 1. The van der Waals surface area contributed by atoms with Gasteiger partial charge in [-0.2, -0.15) is 4.39 Å². The van der Waals surface area contributed by atoms with Crippen LogP contribution in [0.4, 0.5) is 10.1 Å². The van der Waals surface area contributed by atoms with Crippen LogP contribution >= 0.6 is 0 Å². The summed E-state index contributed by atoms with van der Waals surface area (Å²) >= 11 is 0. The van der Waals surface area contributed by atoms with Crippen molar-refractivity contribution in [3.05, 3.63) is 34.1 Å². The molecule has 0 N–H and O–H groups in total. The SMILES string of the molecule is O=C(COc1ccc([N+](=O)[O-])c(F)c1)C1CCOC1. The molecule has 1 aliphatic heterocycles. The van der Waals surface area contributed by atoms with E-state index in [1.807, 2.05) is 0 Å². The van der Waals surface area contributed by atoms with Gasteiger partial charge in [-0.3, -0.25) is 14.9 Å². The van der Waals surface area contributed by atoms with E-state index in [9.17, 15) is 19.3 Å². The molecule has 0 amide bonds. The monoisotopic (exact) mass is 269 g/mol. The molecule has 0 aliphatic carbocycles. The van der Waals surface area contributed by atoms with Crippen molar-refractivity contribution in [2.24, 2.45) is 5.92 Å².